The number of rotatable bonds is 7. The molecule has 0 bridgehead atoms. The first-order valence-corrected chi connectivity index (χ1v) is 9.08. The molecule has 1 aliphatic rings. The molecular weight excluding hydrogens is 294 g/mol. The molecule has 0 atom stereocenters. The zero-order valence-electron chi connectivity index (χ0n) is 13.1. The van der Waals surface area contributed by atoms with Gasteiger partial charge in [-0.15, -0.1) is 0 Å². The Morgan fingerprint density at radius 1 is 1.24 bits per heavy atom. The molecule has 0 radical (unpaired) electrons. The van der Waals surface area contributed by atoms with E-state index in [0.717, 1.165) is 12.8 Å². The van der Waals surface area contributed by atoms with E-state index in [-0.39, 0.29) is 30.7 Å². The van der Waals surface area contributed by atoms with E-state index in [1.54, 1.807) is 6.92 Å². The average Bonchev–Trinajstić information content (AvgIpc) is 2.39. The number of aliphatic hydroxyl groups is 1. The van der Waals surface area contributed by atoms with Gasteiger partial charge in [0.05, 0.1) is 24.4 Å². The van der Waals surface area contributed by atoms with Gasteiger partial charge in [-0.05, 0) is 38.0 Å². The van der Waals surface area contributed by atoms with Crippen LogP contribution in [0, 0.1) is 5.41 Å². The Bertz CT molecular complexity index is 448. The molecule has 0 heterocycles. The summed E-state index contributed by atoms with van der Waals surface area (Å²) < 4.78 is 30.7. The van der Waals surface area contributed by atoms with E-state index in [0.29, 0.717) is 12.8 Å². The topological polar surface area (TPSA) is 92.7 Å². The monoisotopic (exact) mass is 321 g/mol. The average molecular weight is 321 g/mol. The highest BCUT2D eigenvalue weighted by molar-refractivity contribution is 7.89. The van der Waals surface area contributed by atoms with Crippen LogP contribution in [0.5, 0.6) is 0 Å². The number of hydrogen-bond donors (Lipinski definition) is 2. The third kappa shape index (κ3) is 6.76. The van der Waals surface area contributed by atoms with Crippen molar-refractivity contribution in [2.75, 3.05) is 18.9 Å². The number of nitrogens with one attached hydrogen (secondary N) is 1. The van der Waals surface area contributed by atoms with E-state index in [9.17, 15) is 18.3 Å². The number of sulfonamides is 1. The van der Waals surface area contributed by atoms with Crippen molar-refractivity contribution in [1.82, 2.24) is 4.72 Å². The maximum atomic E-state index is 11.8. The number of esters is 1. The molecule has 21 heavy (non-hydrogen) atoms. The van der Waals surface area contributed by atoms with E-state index < -0.39 is 21.6 Å². The minimum Gasteiger partial charge on any atom is -0.466 e. The standard InChI is InChI=1S/C14H27NO5S/c1-4-20-12(16)5-10-21(18,19)15-11-14(17)8-6-13(2,3)7-9-14/h15,17H,4-11H2,1-3H3. The molecule has 7 heteroatoms. The van der Waals surface area contributed by atoms with Gasteiger partial charge in [-0.2, -0.15) is 0 Å². The van der Waals surface area contributed by atoms with Crippen LogP contribution in [0.2, 0.25) is 0 Å². The lowest BCUT2D eigenvalue weighted by atomic mass is 9.71. The van der Waals surface area contributed by atoms with Gasteiger partial charge in [-0.25, -0.2) is 13.1 Å². The van der Waals surface area contributed by atoms with Crippen LogP contribution in [0.1, 0.15) is 52.9 Å². The Labute approximate surface area is 127 Å². The molecule has 6 nitrogen and oxygen atoms in total. The predicted molar refractivity (Wildman–Crippen MR) is 80.2 cm³/mol. The smallest absolute Gasteiger partial charge is 0.306 e. The van der Waals surface area contributed by atoms with Crippen LogP contribution < -0.4 is 4.72 Å². The second-order valence-electron chi connectivity index (χ2n) is 6.58. The van der Waals surface area contributed by atoms with Crippen molar-refractivity contribution in [2.24, 2.45) is 5.41 Å². The number of carbonyl (C=O) groups excluding carboxylic acids is 1. The van der Waals surface area contributed by atoms with Gasteiger partial charge in [0.15, 0.2) is 0 Å². The summed E-state index contributed by atoms with van der Waals surface area (Å²) in [6.07, 6.45) is 2.73. The molecule has 0 aromatic heterocycles. The van der Waals surface area contributed by atoms with Crippen molar-refractivity contribution in [3.63, 3.8) is 0 Å². The molecule has 1 fully saturated rings. The van der Waals surface area contributed by atoms with Gasteiger partial charge in [0.1, 0.15) is 0 Å². The molecule has 1 saturated carbocycles. The summed E-state index contributed by atoms with van der Waals surface area (Å²) in [5.41, 5.74) is -0.776. The fourth-order valence-corrected chi connectivity index (χ4v) is 3.40. The van der Waals surface area contributed by atoms with Gasteiger partial charge in [0.25, 0.3) is 0 Å². The molecule has 0 unspecified atom stereocenters. The lowest BCUT2D eigenvalue weighted by Gasteiger charge is -2.40. The number of ether oxygens (including phenoxy) is 1. The van der Waals surface area contributed by atoms with Gasteiger partial charge in [-0.3, -0.25) is 4.79 Å². The van der Waals surface area contributed by atoms with Crippen LogP contribution in [0.25, 0.3) is 0 Å². The molecule has 2 N–H and O–H groups in total. The van der Waals surface area contributed by atoms with Crippen LogP contribution in [0.4, 0.5) is 0 Å². The molecule has 0 aliphatic heterocycles. The van der Waals surface area contributed by atoms with Gasteiger partial charge in [-0.1, -0.05) is 13.8 Å². The molecule has 1 rings (SSSR count). The van der Waals surface area contributed by atoms with Gasteiger partial charge >= 0.3 is 5.97 Å². The van der Waals surface area contributed by atoms with Gasteiger partial charge in [0.2, 0.25) is 10.0 Å². The Morgan fingerprint density at radius 2 is 1.81 bits per heavy atom. The van der Waals surface area contributed by atoms with Crippen LogP contribution in [0.3, 0.4) is 0 Å². The second kappa shape index (κ2) is 7.07. The molecule has 0 aromatic rings. The number of hydrogen-bond acceptors (Lipinski definition) is 5. The zero-order chi connectivity index (χ0) is 16.1. The van der Waals surface area contributed by atoms with Crippen molar-refractivity contribution in [2.45, 2.75) is 58.5 Å². The summed E-state index contributed by atoms with van der Waals surface area (Å²) in [4.78, 5) is 11.2. The summed E-state index contributed by atoms with van der Waals surface area (Å²) >= 11 is 0. The maximum absolute atomic E-state index is 11.8. The summed E-state index contributed by atoms with van der Waals surface area (Å²) in [6.45, 7) is 6.22. The van der Waals surface area contributed by atoms with E-state index >= 15 is 0 Å². The Kier molecular flexibility index (Phi) is 6.19. The molecule has 0 saturated heterocycles. The minimum absolute atomic E-state index is 0.00817. The lowest BCUT2D eigenvalue weighted by Crippen LogP contribution is -2.47. The first kappa shape index (κ1) is 18.4. The lowest BCUT2D eigenvalue weighted by molar-refractivity contribution is -0.142. The van der Waals surface area contributed by atoms with E-state index in [1.165, 1.54) is 0 Å². The molecule has 1 aliphatic carbocycles. The van der Waals surface area contributed by atoms with E-state index in [1.807, 2.05) is 0 Å². The Hall–Kier alpha value is -0.660. The van der Waals surface area contributed by atoms with Crippen LogP contribution in [0.15, 0.2) is 0 Å². The maximum Gasteiger partial charge on any atom is 0.306 e. The van der Waals surface area contributed by atoms with Gasteiger partial charge < -0.3 is 9.84 Å². The highest BCUT2D eigenvalue weighted by Gasteiger charge is 2.37. The first-order valence-electron chi connectivity index (χ1n) is 7.43. The summed E-state index contributed by atoms with van der Waals surface area (Å²) in [7, 11) is -3.57. The largest absolute Gasteiger partial charge is 0.466 e. The van der Waals surface area contributed by atoms with Crippen LogP contribution in [-0.4, -0.2) is 44.0 Å². The third-order valence-electron chi connectivity index (χ3n) is 4.04. The molecule has 124 valence electrons. The molecule has 0 spiro atoms. The van der Waals surface area contributed by atoms with Crippen molar-refractivity contribution in [3.8, 4) is 0 Å². The minimum atomic E-state index is -3.57. The summed E-state index contributed by atoms with van der Waals surface area (Å²) in [5.74, 6) is -0.839. The normalized spacial score (nSPS) is 21.0. The zero-order valence-corrected chi connectivity index (χ0v) is 14.0. The highest BCUT2D eigenvalue weighted by atomic mass is 32.2. The molecular formula is C14H27NO5S. The Morgan fingerprint density at radius 3 is 2.33 bits per heavy atom. The fourth-order valence-electron chi connectivity index (χ4n) is 2.34. The fraction of sp³-hybridized carbons (Fsp3) is 0.929. The SMILES string of the molecule is CCOC(=O)CCS(=O)(=O)NCC1(O)CCC(C)(C)CC1. The van der Waals surface area contributed by atoms with Crippen molar-refractivity contribution in [1.29, 1.82) is 0 Å². The quantitative estimate of drug-likeness (QED) is 0.687. The summed E-state index contributed by atoms with van der Waals surface area (Å²) in [5, 5.41) is 10.4. The van der Waals surface area contributed by atoms with E-state index in [2.05, 4.69) is 18.6 Å². The van der Waals surface area contributed by atoms with Crippen LogP contribution in [-0.2, 0) is 19.6 Å². The number of carbonyl (C=O) groups is 1. The third-order valence-corrected chi connectivity index (χ3v) is 5.36. The van der Waals surface area contributed by atoms with E-state index in [4.69, 9.17) is 4.74 Å². The molecule has 0 amide bonds. The molecule has 0 aromatic carbocycles. The second-order valence-corrected chi connectivity index (χ2v) is 8.51. The van der Waals surface area contributed by atoms with Crippen molar-refractivity contribution >= 4 is 16.0 Å². The van der Waals surface area contributed by atoms with Crippen LogP contribution >= 0.6 is 0 Å². The Balaban J connectivity index is 2.41. The first-order chi connectivity index (χ1) is 9.58. The summed E-state index contributed by atoms with van der Waals surface area (Å²) in [6, 6.07) is 0. The van der Waals surface area contributed by atoms with Crippen molar-refractivity contribution in [3.05, 3.63) is 0 Å². The highest BCUT2D eigenvalue weighted by Crippen LogP contribution is 2.39. The van der Waals surface area contributed by atoms with Crippen molar-refractivity contribution < 1.29 is 23.1 Å². The predicted octanol–water partition coefficient (Wildman–Crippen LogP) is 1.19. The van der Waals surface area contributed by atoms with Gasteiger partial charge in [0, 0.05) is 6.54 Å².